The molecule has 0 atom stereocenters. The Kier molecular flexibility index (Phi) is 9.98. The highest BCUT2D eigenvalue weighted by Crippen LogP contribution is 2.10. The van der Waals surface area contributed by atoms with E-state index in [9.17, 15) is 0 Å². The molecular formula is C16H32N4. The van der Waals surface area contributed by atoms with Crippen LogP contribution in [0.25, 0.3) is 0 Å². The molecule has 0 radical (unpaired) electrons. The van der Waals surface area contributed by atoms with E-state index >= 15 is 0 Å². The van der Waals surface area contributed by atoms with Gasteiger partial charge in [0.15, 0.2) is 0 Å². The van der Waals surface area contributed by atoms with E-state index in [0.29, 0.717) is 0 Å². The van der Waals surface area contributed by atoms with Gasteiger partial charge in [0.2, 0.25) is 5.96 Å². The highest BCUT2D eigenvalue weighted by Gasteiger charge is 2.05. The minimum atomic E-state index is 0.837. The third-order valence-electron chi connectivity index (χ3n) is 3.63. The van der Waals surface area contributed by atoms with Crippen molar-refractivity contribution in [2.45, 2.75) is 78.1 Å². The zero-order valence-corrected chi connectivity index (χ0v) is 13.4. The molecule has 0 aromatic heterocycles. The second kappa shape index (κ2) is 11.7. The maximum atomic E-state index is 4.57. The first-order valence-corrected chi connectivity index (χ1v) is 8.46. The SMILES string of the molecule is CCCCCCC/C(CCCCC)=N\NC1=NCCN1. The minimum absolute atomic E-state index is 0.837. The topological polar surface area (TPSA) is 48.8 Å². The summed E-state index contributed by atoms with van der Waals surface area (Å²) in [5.41, 5.74) is 4.40. The van der Waals surface area contributed by atoms with E-state index in [1.807, 2.05) is 0 Å². The molecule has 20 heavy (non-hydrogen) atoms. The maximum Gasteiger partial charge on any atom is 0.212 e. The highest BCUT2D eigenvalue weighted by molar-refractivity contribution is 5.87. The van der Waals surface area contributed by atoms with Crippen molar-refractivity contribution in [3.8, 4) is 0 Å². The summed E-state index contributed by atoms with van der Waals surface area (Å²) in [6.45, 7) is 6.30. The third-order valence-corrected chi connectivity index (χ3v) is 3.63. The molecule has 0 aliphatic carbocycles. The van der Waals surface area contributed by atoms with E-state index in [2.05, 4.69) is 34.7 Å². The van der Waals surface area contributed by atoms with Gasteiger partial charge in [-0.2, -0.15) is 5.10 Å². The summed E-state index contributed by atoms with van der Waals surface area (Å²) >= 11 is 0. The number of nitrogens with one attached hydrogen (secondary N) is 2. The lowest BCUT2D eigenvalue weighted by atomic mass is 10.0. The van der Waals surface area contributed by atoms with Crippen LogP contribution in [0.1, 0.15) is 78.1 Å². The Hall–Kier alpha value is -1.06. The lowest BCUT2D eigenvalue weighted by molar-refractivity contribution is 0.637. The number of hydrogen-bond acceptors (Lipinski definition) is 4. The Morgan fingerprint density at radius 3 is 2.35 bits per heavy atom. The van der Waals surface area contributed by atoms with Crippen molar-refractivity contribution in [1.82, 2.24) is 10.7 Å². The standard InChI is InChI=1S/C16H32N4/c1-3-5-7-8-10-12-15(11-9-6-4-2)19-20-16-17-13-14-18-16/h3-14H2,1-2H3,(H2,17,18,20)/b19-15-. The second-order valence-corrected chi connectivity index (χ2v) is 5.57. The van der Waals surface area contributed by atoms with Gasteiger partial charge in [0.25, 0.3) is 0 Å². The van der Waals surface area contributed by atoms with Crippen LogP contribution >= 0.6 is 0 Å². The summed E-state index contributed by atoms with van der Waals surface area (Å²) in [6, 6.07) is 0. The van der Waals surface area contributed by atoms with Crippen molar-refractivity contribution in [3.05, 3.63) is 0 Å². The predicted molar refractivity (Wildman–Crippen MR) is 88.4 cm³/mol. The zero-order chi connectivity index (χ0) is 14.5. The van der Waals surface area contributed by atoms with Gasteiger partial charge in [-0.15, -0.1) is 0 Å². The molecule has 0 amide bonds. The van der Waals surface area contributed by atoms with Crippen molar-refractivity contribution < 1.29 is 0 Å². The maximum absolute atomic E-state index is 4.57. The molecule has 0 aromatic rings. The van der Waals surface area contributed by atoms with Gasteiger partial charge in [-0.1, -0.05) is 52.4 Å². The number of unbranched alkanes of at least 4 members (excludes halogenated alkanes) is 6. The average molecular weight is 280 g/mol. The minimum Gasteiger partial charge on any atom is -0.353 e. The van der Waals surface area contributed by atoms with Gasteiger partial charge in [0.05, 0.1) is 6.54 Å². The van der Waals surface area contributed by atoms with Gasteiger partial charge in [0, 0.05) is 12.3 Å². The van der Waals surface area contributed by atoms with Crippen molar-refractivity contribution >= 4 is 11.7 Å². The molecule has 0 fully saturated rings. The van der Waals surface area contributed by atoms with Crippen molar-refractivity contribution in [2.24, 2.45) is 10.1 Å². The van der Waals surface area contributed by atoms with Crippen LogP contribution in [0, 0.1) is 0 Å². The molecule has 1 rings (SSSR count). The first-order valence-electron chi connectivity index (χ1n) is 8.46. The molecule has 116 valence electrons. The lowest BCUT2D eigenvalue weighted by Gasteiger charge is -2.08. The van der Waals surface area contributed by atoms with E-state index in [1.54, 1.807) is 0 Å². The number of aliphatic imine (C=N–C) groups is 1. The van der Waals surface area contributed by atoms with Crippen molar-refractivity contribution in [1.29, 1.82) is 0 Å². The highest BCUT2D eigenvalue weighted by atomic mass is 15.4. The molecule has 0 saturated carbocycles. The molecule has 4 nitrogen and oxygen atoms in total. The summed E-state index contributed by atoms with van der Waals surface area (Å²) in [7, 11) is 0. The van der Waals surface area contributed by atoms with E-state index in [-0.39, 0.29) is 0 Å². The molecule has 0 bridgehead atoms. The van der Waals surface area contributed by atoms with Gasteiger partial charge < -0.3 is 5.32 Å². The van der Waals surface area contributed by atoms with E-state index in [4.69, 9.17) is 0 Å². The fraction of sp³-hybridized carbons (Fsp3) is 0.875. The van der Waals surface area contributed by atoms with Crippen LogP contribution in [-0.4, -0.2) is 24.8 Å². The molecule has 1 aliphatic rings. The lowest BCUT2D eigenvalue weighted by Crippen LogP contribution is -2.30. The Labute approximate surface area is 124 Å². The van der Waals surface area contributed by atoms with Gasteiger partial charge >= 0.3 is 0 Å². The number of hydrogen-bond donors (Lipinski definition) is 2. The summed E-state index contributed by atoms with van der Waals surface area (Å²) < 4.78 is 0. The van der Waals surface area contributed by atoms with Crippen LogP contribution in [-0.2, 0) is 0 Å². The van der Waals surface area contributed by atoms with E-state index < -0.39 is 0 Å². The first-order chi connectivity index (χ1) is 9.86. The van der Waals surface area contributed by atoms with Gasteiger partial charge in [-0.25, -0.2) is 10.4 Å². The first kappa shape index (κ1) is 17.0. The second-order valence-electron chi connectivity index (χ2n) is 5.57. The van der Waals surface area contributed by atoms with E-state index in [0.717, 1.165) is 31.9 Å². The zero-order valence-electron chi connectivity index (χ0n) is 13.4. The van der Waals surface area contributed by atoms with Crippen LogP contribution in [0.2, 0.25) is 0 Å². The molecule has 0 spiro atoms. The quantitative estimate of drug-likeness (QED) is 0.343. The monoisotopic (exact) mass is 280 g/mol. The number of guanidine groups is 1. The Morgan fingerprint density at radius 2 is 1.70 bits per heavy atom. The average Bonchev–Trinajstić information content (AvgIpc) is 2.97. The molecule has 0 unspecified atom stereocenters. The Morgan fingerprint density at radius 1 is 1.05 bits per heavy atom. The fourth-order valence-electron chi connectivity index (χ4n) is 2.35. The summed E-state index contributed by atoms with van der Waals surface area (Å²) in [4.78, 5) is 4.31. The number of rotatable bonds is 11. The Balaban J connectivity index is 2.27. The van der Waals surface area contributed by atoms with E-state index in [1.165, 1.54) is 57.1 Å². The molecule has 1 heterocycles. The number of hydrazone groups is 1. The van der Waals surface area contributed by atoms with Gasteiger partial charge in [-0.3, -0.25) is 0 Å². The van der Waals surface area contributed by atoms with Crippen LogP contribution in [0.15, 0.2) is 10.1 Å². The Bertz CT molecular complexity index is 297. The van der Waals surface area contributed by atoms with Gasteiger partial charge in [0.1, 0.15) is 0 Å². The third kappa shape index (κ3) is 8.18. The molecule has 1 aliphatic heterocycles. The summed E-state index contributed by atoms with van der Waals surface area (Å²) in [5.74, 6) is 0.837. The van der Waals surface area contributed by atoms with Crippen LogP contribution in [0.4, 0.5) is 0 Å². The van der Waals surface area contributed by atoms with Crippen LogP contribution < -0.4 is 10.7 Å². The predicted octanol–water partition coefficient (Wildman–Crippen LogP) is 3.83. The summed E-state index contributed by atoms with van der Waals surface area (Å²) in [6.07, 6.45) is 12.7. The van der Waals surface area contributed by atoms with Crippen LogP contribution in [0.5, 0.6) is 0 Å². The van der Waals surface area contributed by atoms with Gasteiger partial charge in [-0.05, 0) is 25.7 Å². The molecular weight excluding hydrogens is 248 g/mol. The normalized spacial score (nSPS) is 15.1. The smallest absolute Gasteiger partial charge is 0.212 e. The van der Waals surface area contributed by atoms with Crippen LogP contribution in [0.3, 0.4) is 0 Å². The largest absolute Gasteiger partial charge is 0.353 e. The molecule has 0 aromatic carbocycles. The molecule has 0 saturated heterocycles. The molecule has 2 N–H and O–H groups in total. The molecule has 4 heteroatoms. The number of nitrogens with zero attached hydrogens (tertiary/aromatic N) is 2. The summed E-state index contributed by atoms with van der Waals surface area (Å²) in [5, 5.41) is 7.76. The van der Waals surface area contributed by atoms with Crippen molar-refractivity contribution in [3.63, 3.8) is 0 Å². The van der Waals surface area contributed by atoms with Crippen molar-refractivity contribution in [2.75, 3.05) is 13.1 Å². The fourth-order valence-corrected chi connectivity index (χ4v) is 2.35.